The van der Waals surface area contributed by atoms with Crippen LogP contribution in [0.25, 0.3) is 28.2 Å². The van der Waals surface area contributed by atoms with E-state index in [9.17, 15) is 14.7 Å². The highest BCUT2D eigenvalue weighted by Crippen LogP contribution is 2.66. The van der Waals surface area contributed by atoms with Crippen molar-refractivity contribution in [1.82, 2.24) is 9.47 Å². The molecule has 196 valence electrons. The predicted octanol–water partition coefficient (Wildman–Crippen LogP) is 6.04. The lowest BCUT2D eigenvalue weighted by Gasteiger charge is -2.31. The third-order valence-corrected chi connectivity index (χ3v) is 9.55. The zero-order chi connectivity index (χ0) is 26.0. The van der Waals surface area contributed by atoms with Crippen LogP contribution in [0.2, 0.25) is 0 Å². The van der Waals surface area contributed by atoms with Crippen molar-refractivity contribution in [1.29, 1.82) is 0 Å². The molecule has 3 heterocycles. The van der Waals surface area contributed by atoms with Crippen LogP contribution in [0.5, 0.6) is 0 Å². The molecule has 3 fully saturated rings. The Kier molecular flexibility index (Phi) is 5.52. The summed E-state index contributed by atoms with van der Waals surface area (Å²) in [6.45, 7) is 7.00. The fraction of sp³-hybridized carbons (Fsp3) is 0.438. The minimum atomic E-state index is -0.922. The van der Waals surface area contributed by atoms with Gasteiger partial charge in [-0.2, -0.15) is 0 Å². The molecule has 2 saturated carbocycles. The average molecular weight is 511 g/mol. The largest absolute Gasteiger partial charge is 0.478 e. The summed E-state index contributed by atoms with van der Waals surface area (Å²) in [5, 5.41) is 11.0. The molecular formula is C32H34N2O4. The van der Waals surface area contributed by atoms with Crippen LogP contribution in [0.1, 0.15) is 77.4 Å². The van der Waals surface area contributed by atoms with Gasteiger partial charge in [-0.15, -0.1) is 0 Å². The third-order valence-electron chi connectivity index (χ3n) is 9.55. The lowest BCUT2D eigenvalue weighted by atomic mass is 9.81. The second-order valence-electron chi connectivity index (χ2n) is 11.6. The zero-order valence-electron chi connectivity index (χ0n) is 21.7. The maximum atomic E-state index is 14.2. The third kappa shape index (κ3) is 3.49. The van der Waals surface area contributed by atoms with Crippen LogP contribution in [-0.2, 0) is 16.1 Å². The van der Waals surface area contributed by atoms with Crippen molar-refractivity contribution in [3.05, 3.63) is 65.2 Å². The Morgan fingerprint density at radius 3 is 2.58 bits per heavy atom. The van der Waals surface area contributed by atoms with Gasteiger partial charge in [0, 0.05) is 42.0 Å². The number of hydrogen-bond acceptors (Lipinski definition) is 3. The molecule has 2 aliphatic heterocycles. The number of ether oxygens (including phenoxy) is 1. The Morgan fingerprint density at radius 1 is 1.05 bits per heavy atom. The number of morpholine rings is 1. The van der Waals surface area contributed by atoms with Gasteiger partial charge in [-0.3, -0.25) is 4.79 Å². The summed E-state index contributed by atoms with van der Waals surface area (Å²) in [7, 11) is 0. The first kappa shape index (κ1) is 23.7. The maximum Gasteiger partial charge on any atom is 0.335 e. The average Bonchev–Trinajstić information content (AvgIpc) is 3.63. The number of benzene rings is 2. The molecule has 2 aromatic carbocycles. The first-order valence-corrected chi connectivity index (χ1v) is 14.0. The summed E-state index contributed by atoms with van der Waals surface area (Å²) in [4.78, 5) is 28.2. The highest BCUT2D eigenvalue weighted by molar-refractivity contribution is 6.00. The van der Waals surface area contributed by atoms with Crippen LogP contribution in [0, 0.1) is 5.41 Å². The molecule has 1 N–H and O–H groups in total. The van der Waals surface area contributed by atoms with Gasteiger partial charge in [-0.05, 0) is 54.0 Å². The molecule has 7 rings (SSSR count). The zero-order valence-corrected chi connectivity index (χ0v) is 21.7. The maximum absolute atomic E-state index is 14.2. The van der Waals surface area contributed by atoms with Gasteiger partial charge in [0.2, 0.25) is 5.91 Å². The molecule has 1 aromatic heterocycles. The van der Waals surface area contributed by atoms with E-state index in [0.717, 1.165) is 35.7 Å². The number of aromatic carboxylic acids is 1. The highest BCUT2D eigenvalue weighted by Gasteiger charge is 2.63. The summed E-state index contributed by atoms with van der Waals surface area (Å²) in [6.07, 6.45) is 8.69. The van der Waals surface area contributed by atoms with Gasteiger partial charge in [0.25, 0.3) is 0 Å². The quantitative estimate of drug-likeness (QED) is 0.464. The Morgan fingerprint density at radius 2 is 1.84 bits per heavy atom. The Balaban J connectivity index is 1.49. The summed E-state index contributed by atoms with van der Waals surface area (Å²) in [6, 6.07) is 12.2. The smallest absolute Gasteiger partial charge is 0.335 e. The second-order valence-corrected chi connectivity index (χ2v) is 11.6. The number of carbonyl (C=O) groups is 2. The Labute approximate surface area is 222 Å². The van der Waals surface area contributed by atoms with Gasteiger partial charge in [0.1, 0.15) is 0 Å². The molecule has 4 aliphatic rings. The predicted molar refractivity (Wildman–Crippen MR) is 147 cm³/mol. The second kappa shape index (κ2) is 8.84. The van der Waals surface area contributed by atoms with Crippen LogP contribution in [-0.4, -0.2) is 52.8 Å². The molecule has 6 nitrogen and oxygen atoms in total. The fourth-order valence-corrected chi connectivity index (χ4v) is 7.54. The number of rotatable bonds is 4. The lowest BCUT2D eigenvalue weighted by Crippen LogP contribution is -2.45. The number of nitrogens with zero attached hydrogens (tertiary/aromatic N) is 2. The molecule has 1 amide bonds. The molecule has 0 radical (unpaired) electrons. The van der Waals surface area contributed by atoms with E-state index in [-0.39, 0.29) is 11.8 Å². The van der Waals surface area contributed by atoms with Crippen molar-refractivity contribution >= 4 is 28.9 Å². The molecule has 2 aliphatic carbocycles. The summed E-state index contributed by atoms with van der Waals surface area (Å²) in [5.74, 6) is -0.131. The molecule has 6 heteroatoms. The fourth-order valence-electron chi connectivity index (χ4n) is 7.54. The van der Waals surface area contributed by atoms with Crippen molar-refractivity contribution in [2.24, 2.45) is 5.41 Å². The van der Waals surface area contributed by atoms with Crippen molar-refractivity contribution in [3.63, 3.8) is 0 Å². The Hall–Kier alpha value is -3.38. The van der Waals surface area contributed by atoms with E-state index in [1.807, 2.05) is 23.1 Å². The van der Waals surface area contributed by atoms with Gasteiger partial charge in [0.15, 0.2) is 0 Å². The normalized spacial score (nSPS) is 24.7. The van der Waals surface area contributed by atoms with Crippen LogP contribution < -0.4 is 0 Å². The first-order valence-electron chi connectivity index (χ1n) is 14.0. The number of amides is 1. The molecule has 0 spiro atoms. The van der Waals surface area contributed by atoms with Crippen molar-refractivity contribution < 1.29 is 19.4 Å². The van der Waals surface area contributed by atoms with Gasteiger partial charge >= 0.3 is 5.97 Å². The van der Waals surface area contributed by atoms with E-state index >= 15 is 0 Å². The van der Waals surface area contributed by atoms with Crippen molar-refractivity contribution in [3.8, 4) is 11.3 Å². The summed E-state index contributed by atoms with van der Waals surface area (Å²) < 4.78 is 7.87. The minimum Gasteiger partial charge on any atom is -0.478 e. The monoisotopic (exact) mass is 510 g/mol. The van der Waals surface area contributed by atoms with Crippen molar-refractivity contribution in [2.45, 2.75) is 56.9 Å². The topological polar surface area (TPSA) is 71.8 Å². The van der Waals surface area contributed by atoms with Gasteiger partial charge in [0.05, 0.1) is 29.9 Å². The molecule has 1 saturated heterocycles. The van der Waals surface area contributed by atoms with E-state index in [4.69, 9.17) is 4.74 Å². The number of hydrogen-bond donors (Lipinski definition) is 1. The number of carbonyl (C=O) groups excluding carboxylic acids is 1. The molecule has 0 bridgehead atoms. The molecular weight excluding hydrogens is 476 g/mol. The van der Waals surface area contributed by atoms with Crippen molar-refractivity contribution in [2.75, 3.05) is 26.3 Å². The van der Waals surface area contributed by atoms with Crippen LogP contribution in [0.4, 0.5) is 0 Å². The van der Waals surface area contributed by atoms with E-state index in [1.54, 1.807) is 6.07 Å². The molecule has 3 aromatic rings. The van der Waals surface area contributed by atoms with E-state index in [1.165, 1.54) is 41.6 Å². The van der Waals surface area contributed by atoms with E-state index in [0.29, 0.717) is 44.3 Å². The number of carboxylic acid groups (broad SMARTS) is 1. The van der Waals surface area contributed by atoms with Crippen LogP contribution >= 0.6 is 0 Å². The van der Waals surface area contributed by atoms with E-state index < -0.39 is 11.4 Å². The molecule has 38 heavy (non-hydrogen) atoms. The standard InChI is InChI=1S/C32H34N2O4/c1-2-20-8-10-23-25(16-20)26-18-32(26,31(37)33-12-14-38-15-13-33)19-34-27-17-22(30(35)36)9-11-24(27)28(29(23)34)21-6-4-3-5-7-21/h2,8-11,16-17,21,26H,1,3-7,12-15,18-19H2,(H,35,36). The summed E-state index contributed by atoms with van der Waals surface area (Å²) >= 11 is 0. The molecule has 2 atom stereocenters. The van der Waals surface area contributed by atoms with Gasteiger partial charge < -0.3 is 19.3 Å². The number of aromatic nitrogens is 1. The SMILES string of the molecule is C=Cc1ccc2c(c1)C1CC1(C(=O)N1CCOCC1)Cn1c-2c(C2CCCCC2)c2ccc(C(=O)O)cc21. The number of carboxylic acids is 1. The number of fused-ring (bicyclic) bond motifs is 7. The van der Waals surface area contributed by atoms with E-state index in [2.05, 4.69) is 29.3 Å². The lowest BCUT2D eigenvalue weighted by molar-refractivity contribution is -0.141. The molecule has 2 unspecified atom stereocenters. The van der Waals surface area contributed by atoms with Crippen LogP contribution in [0.15, 0.2) is 43.0 Å². The van der Waals surface area contributed by atoms with Crippen LogP contribution in [0.3, 0.4) is 0 Å². The summed E-state index contributed by atoms with van der Waals surface area (Å²) in [5.41, 5.74) is 6.76. The highest BCUT2D eigenvalue weighted by atomic mass is 16.5. The van der Waals surface area contributed by atoms with Gasteiger partial charge in [-0.25, -0.2) is 4.79 Å². The minimum absolute atomic E-state index is 0.143. The van der Waals surface area contributed by atoms with Gasteiger partial charge in [-0.1, -0.05) is 56.2 Å². The first-order chi connectivity index (χ1) is 18.5. The Bertz CT molecular complexity index is 1470.